The van der Waals surface area contributed by atoms with Gasteiger partial charge in [0.15, 0.2) is 0 Å². The molecule has 17 nitrogen and oxygen atoms in total. The van der Waals surface area contributed by atoms with E-state index < -0.39 is 17.8 Å². The maximum Gasteiger partial charge on any atom is 0.333 e. The molecule has 3 amide bonds. The third-order valence-electron chi connectivity index (χ3n) is 7.08. The van der Waals surface area contributed by atoms with Crippen LogP contribution in [0.5, 0.6) is 0 Å². The van der Waals surface area contributed by atoms with E-state index >= 15 is 0 Å². The Labute approximate surface area is 302 Å². The molecule has 1 rings (SSSR count). The average Bonchev–Trinajstić information content (AvgIpc) is 3.43. The minimum Gasteiger partial charge on any atom is -0.382 e. The second-order valence-corrected chi connectivity index (χ2v) is 11.2. The van der Waals surface area contributed by atoms with Crippen LogP contribution in [0.15, 0.2) is 0 Å². The highest BCUT2D eigenvalue weighted by Gasteiger charge is 2.32. The number of imide groups is 1. The normalized spacial score (nSPS) is 13.0. The van der Waals surface area contributed by atoms with Crippen molar-refractivity contribution < 1.29 is 71.4 Å². The minimum absolute atomic E-state index is 0.0167. The van der Waals surface area contributed by atoms with Gasteiger partial charge >= 0.3 is 5.97 Å². The molecule has 0 radical (unpaired) electrons. The second-order valence-electron chi connectivity index (χ2n) is 11.2. The molecule has 0 saturated carbocycles. The zero-order chi connectivity index (χ0) is 37.0. The third kappa shape index (κ3) is 28.9. The SMILES string of the molecule is COCCOCCOCCOCCOCCOCCOCCOCCOCCOCCCN(CCCCCC(=O)ON1C(=O)CCC1=O)C(C)=O. The van der Waals surface area contributed by atoms with Gasteiger partial charge in [-0.1, -0.05) is 6.42 Å². The molecule has 0 atom stereocenters. The standard InChI is InChI=1S/C34H62N2O15/c1-31(37)35(10-5-3-4-7-34(40)51-36-32(38)8-9-33(36)39)11-6-12-42-15-16-44-19-20-46-23-24-48-27-28-50-30-29-49-26-25-47-22-21-45-18-17-43-14-13-41-2/h3-30H2,1-2H3. The first kappa shape index (κ1) is 46.7. The van der Waals surface area contributed by atoms with Crippen molar-refractivity contribution in [1.82, 2.24) is 9.96 Å². The zero-order valence-electron chi connectivity index (χ0n) is 30.8. The van der Waals surface area contributed by atoms with Gasteiger partial charge in [0.2, 0.25) is 5.91 Å². The molecular weight excluding hydrogens is 676 g/mol. The second kappa shape index (κ2) is 34.7. The number of hydrogen-bond donors (Lipinski definition) is 0. The van der Waals surface area contributed by atoms with Crippen molar-refractivity contribution >= 4 is 23.7 Å². The van der Waals surface area contributed by atoms with E-state index in [1.807, 2.05) is 0 Å². The van der Waals surface area contributed by atoms with Gasteiger partial charge < -0.3 is 57.1 Å². The van der Waals surface area contributed by atoms with Gasteiger partial charge in [0.25, 0.3) is 11.8 Å². The van der Waals surface area contributed by atoms with Crippen molar-refractivity contribution in [2.75, 3.05) is 146 Å². The molecule has 0 aromatic carbocycles. The van der Waals surface area contributed by atoms with Gasteiger partial charge in [-0.3, -0.25) is 14.4 Å². The molecule has 0 unspecified atom stereocenters. The molecule has 0 N–H and O–H groups in total. The third-order valence-corrected chi connectivity index (χ3v) is 7.08. The smallest absolute Gasteiger partial charge is 0.333 e. The van der Waals surface area contributed by atoms with E-state index in [0.29, 0.717) is 163 Å². The molecule has 1 heterocycles. The van der Waals surface area contributed by atoms with Crippen molar-refractivity contribution in [1.29, 1.82) is 0 Å². The van der Waals surface area contributed by atoms with E-state index in [9.17, 15) is 19.2 Å². The van der Waals surface area contributed by atoms with Crippen LogP contribution in [0.1, 0.15) is 51.9 Å². The lowest BCUT2D eigenvalue weighted by Gasteiger charge is -2.21. The van der Waals surface area contributed by atoms with E-state index in [4.69, 9.17) is 52.2 Å². The minimum atomic E-state index is -0.605. The Morgan fingerprint density at radius 2 is 0.863 bits per heavy atom. The molecule has 51 heavy (non-hydrogen) atoms. The molecule has 1 saturated heterocycles. The van der Waals surface area contributed by atoms with Crippen LogP contribution in [0.3, 0.4) is 0 Å². The number of hydrogen-bond acceptors (Lipinski definition) is 15. The number of rotatable bonds is 38. The molecular formula is C34H62N2O15. The summed E-state index contributed by atoms with van der Waals surface area (Å²) in [6.07, 6.45) is 2.92. The van der Waals surface area contributed by atoms with Gasteiger partial charge in [-0.15, -0.1) is 5.06 Å². The van der Waals surface area contributed by atoms with Crippen molar-refractivity contribution in [3.8, 4) is 0 Å². The van der Waals surface area contributed by atoms with Gasteiger partial charge in [0.1, 0.15) is 0 Å². The van der Waals surface area contributed by atoms with Crippen molar-refractivity contribution in [3.05, 3.63) is 0 Å². The van der Waals surface area contributed by atoms with Gasteiger partial charge in [-0.25, -0.2) is 4.79 Å². The first-order chi connectivity index (χ1) is 25.0. The Hall–Kier alpha value is -2.32. The van der Waals surface area contributed by atoms with Crippen LogP contribution in [0, 0.1) is 0 Å². The van der Waals surface area contributed by atoms with Crippen molar-refractivity contribution in [2.45, 2.75) is 51.9 Å². The lowest BCUT2D eigenvalue weighted by Crippen LogP contribution is -2.32. The van der Waals surface area contributed by atoms with Crippen LogP contribution in [0.25, 0.3) is 0 Å². The van der Waals surface area contributed by atoms with E-state index in [-0.39, 0.29) is 25.2 Å². The van der Waals surface area contributed by atoms with E-state index in [0.717, 1.165) is 6.42 Å². The van der Waals surface area contributed by atoms with Crippen LogP contribution in [0.2, 0.25) is 0 Å². The molecule has 0 bridgehead atoms. The fourth-order valence-corrected chi connectivity index (χ4v) is 4.34. The summed E-state index contributed by atoms with van der Waals surface area (Å²) >= 11 is 0. The fourth-order valence-electron chi connectivity index (χ4n) is 4.34. The molecule has 1 aliphatic heterocycles. The highest BCUT2D eigenvalue weighted by atomic mass is 16.7. The molecule has 0 aliphatic carbocycles. The predicted molar refractivity (Wildman–Crippen MR) is 182 cm³/mol. The Morgan fingerprint density at radius 1 is 0.510 bits per heavy atom. The molecule has 1 fully saturated rings. The Morgan fingerprint density at radius 3 is 1.24 bits per heavy atom. The summed E-state index contributed by atoms with van der Waals surface area (Å²) in [5, 5.41) is 0.560. The number of ether oxygens (including phenoxy) is 10. The highest BCUT2D eigenvalue weighted by molar-refractivity contribution is 6.01. The van der Waals surface area contributed by atoms with E-state index in [1.54, 1.807) is 12.0 Å². The number of carbonyl (C=O) groups is 4. The van der Waals surface area contributed by atoms with Crippen molar-refractivity contribution in [2.24, 2.45) is 0 Å². The van der Waals surface area contributed by atoms with E-state index in [1.165, 1.54) is 6.92 Å². The highest BCUT2D eigenvalue weighted by Crippen LogP contribution is 2.13. The summed E-state index contributed by atoms with van der Waals surface area (Å²) in [6, 6.07) is 0. The van der Waals surface area contributed by atoms with E-state index in [2.05, 4.69) is 0 Å². The summed E-state index contributed by atoms with van der Waals surface area (Å²) in [7, 11) is 1.64. The summed E-state index contributed by atoms with van der Waals surface area (Å²) in [4.78, 5) is 53.4. The zero-order valence-corrected chi connectivity index (χ0v) is 30.8. The Bertz CT molecular complexity index is 867. The lowest BCUT2D eigenvalue weighted by atomic mass is 10.2. The summed E-state index contributed by atoms with van der Waals surface area (Å²) in [6.45, 7) is 12.2. The molecule has 0 aromatic rings. The maximum atomic E-state index is 11.9. The predicted octanol–water partition coefficient (Wildman–Crippen LogP) is 1.19. The monoisotopic (exact) mass is 738 g/mol. The fraction of sp³-hybridized carbons (Fsp3) is 0.882. The van der Waals surface area contributed by atoms with Gasteiger partial charge in [-0.2, -0.15) is 0 Å². The molecule has 0 spiro atoms. The van der Waals surface area contributed by atoms with Crippen LogP contribution in [-0.2, 0) is 71.4 Å². The van der Waals surface area contributed by atoms with Crippen molar-refractivity contribution in [3.63, 3.8) is 0 Å². The first-order valence-electron chi connectivity index (χ1n) is 18.0. The maximum absolute atomic E-state index is 11.9. The summed E-state index contributed by atoms with van der Waals surface area (Å²) < 4.78 is 54.0. The first-order valence-corrected chi connectivity index (χ1v) is 18.0. The van der Waals surface area contributed by atoms with Gasteiger partial charge in [0, 0.05) is 53.0 Å². The van der Waals surface area contributed by atoms with Crippen LogP contribution < -0.4 is 0 Å². The summed E-state index contributed by atoms with van der Waals surface area (Å²) in [5.74, 6) is -1.60. The lowest BCUT2D eigenvalue weighted by molar-refractivity contribution is -0.197. The quantitative estimate of drug-likeness (QED) is 0.0652. The number of unbranched alkanes of at least 4 members (excludes halogenated alkanes) is 2. The number of amides is 3. The average molecular weight is 739 g/mol. The Kier molecular flexibility index (Phi) is 31.8. The van der Waals surface area contributed by atoms with Crippen LogP contribution >= 0.6 is 0 Å². The van der Waals surface area contributed by atoms with Gasteiger partial charge in [-0.05, 0) is 19.3 Å². The summed E-state index contributed by atoms with van der Waals surface area (Å²) in [5.41, 5.74) is 0. The largest absolute Gasteiger partial charge is 0.382 e. The molecule has 1 aliphatic rings. The number of methoxy groups -OCH3 is 1. The van der Waals surface area contributed by atoms with Gasteiger partial charge in [0.05, 0.1) is 119 Å². The Balaban J connectivity index is 1.77. The topological polar surface area (TPSA) is 176 Å². The number of nitrogens with zero attached hydrogens (tertiary/aromatic N) is 2. The molecule has 0 aromatic heterocycles. The molecule has 17 heteroatoms. The number of carbonyl (C=O) groups excluding carboxylic acids is 4. The number of hydroxylamine groups is 2. The molecule has 298 valence electrons. The van der Waals surface area contributed by atoms with Crippen LogP contribution in [0.4, 0.5) is 0 Å². The van der Waals surface area contributed by atoms with Crippen LogP contribution in [-0.4, -0.2) is 179 Å².